The molecule has 1 atom stereocenters. The van der Waals surface area contributed by atoms with Gasteiger partial charge in [-0.2, -0.15) is 0 Å². The molecule has 0 spiro atoms. The van der Waals surface area contributed by atoms with Gasteiger partial charge in [-0.15, -0.1) is 0 Å². The summed E-state index contributed by atoms with van der Waals surface area (Å²) < 4.78 is 5.31. The molecule has 0 saturated carbocycles. The van der Waals surface area contributed by atoms with Gasteiger partial charge < -0.3 is 15.0 Å². The molecule has 0 radical (unpaired) electrons. The second-order valence-corrected chi connectivity index (χ2v) is 5.84. The van der Waals surface area contributed by atoms with Crippen molar-refractivity contribution in [2.24, 2.45) is 0 Å². The Morgan fingerprint density at radius 3 is 2.89 bits per heavy atom. The minimum atomic E-state index is 0.138. The molecule has 1 aromatic carbocycles. The van der Waals surface area contributed by atoms with E-state index in [2.05, 4.69) is 49.2 Å². The van der Waals surface area contributed by atoms with E-state index < -0.39 is 0 Å². The lowest BCUT2D eigenvalue weighted by molar-refractivity contribution is 0.368. The quantitative estimate of drug-likeness (QED) is 0.871. The zero-order valence-corrected chi connectivity index (χ0v) is 11.9. The van der Waals surface area contributed by atoms with Crippen LogP contribution < -0.4 is 15.0 Å². The highest BCUT2D eigenvalue weighted by Crippen LogP contribution is 2.24. The maximum absolute atomic E-state index is 5.31. The topological polar surface area (TPSA) is 24.5 Å². The molecule has 0 aliphatic carbocycles. The number of rotatable bonds is 2. The first-order valence-corrected chi connectivity index (χ1v) is 6.67. The lowest BCUT2D eigenvalue weighted by Crippen LogP contribution is -2.48. The minimum Gasteiger partial charge on any atom is -0.497 e. The van der Waals surface area contributed by atoms with E-state index in [-0.39, 0.29) is 5.54 Å². The van der Waals surface area contributed by atoms with Crippen LogP contribution in [-0.4, -0.2) is 31.8 Å². The summed E-state index contributed by atoms with van der Waals surface area (Å²) in [6.07, 6.45) is 1.17. The van der Waals surface area contributed by atoms with Gasteiger partial charge in [0, 0.05) is 36.4 Å². The Bertz CT molecular complexity index is 403. The van der Waals surface area contributed by atoms with Crippen LogP contribution in [0.5, 0.6) is 5.75 Å². The second-order valence-electron chi connectivity index (χ2n) is 5.84. The average molecular weight is 248 g/mol. The Morgan fingerprint density at radius 2 is 2.17 bits per heavy atom. The molecule has 2 rings (SSSR count). The van der Waals surface area contributed by atoms with Gasteiger partial charge in [-0.05, 0) is 39.3 Å². The summed E-state index contributed by atoms with van der Waals surface area (Å²) in [6, 6.07) is 8.90. The molecular weight excluding hydrogens is 224 g/mol. The first kappa shape index (κ1) is 13.2. The van der Waals surface area contributed by atoms with Crippen LogP contribution in [0, 0.1) is 0 Å². The summed E-state index contributed by atoms with van der Waals surface area (Å²) in [7, 11) is 1.72. The number of ether oxygens (including phenoxy) is 1. The Balaban J connectivity index is 2.20. The van der Waals surface area contributed by atoms with Crippen molar-refractivity contribution in [3.05, 3.63) is 24.3 Å². The predicted molar refractivity (Wildman–Crippen MR) is 76.5 cm³/mol. The Morgan fingerprint density at radius 1 is 1.39 bits per heavy atom. The molecule has 0 bridgehead atoms. The standard InChI is InChI=1S/C15H24N2O/c1-12-8-9-17(11-15(2,3)16-12)13-6-5-7-14(10-13)18-4/h5-7,10,12,16H,8-9,11H2,1-4H3. The van der Waals surface area contributed by atoms with Crippen LogP contribution in [0.3, 0.4) is 0 Å². The molecule has 0 amide bonds. The highest BCUT2D eigenvalue weighted by molar-refractivity contribution is 5.51. The van der Waals surface area contributed by atoms with Gasteiger partial charge in [-0.25, -0.2) is 0 Å². The van der Waals surface area contributed by atoms with Crippen LogP contribution in [0.1, 0.15) is 27.2 Å². The third kappa shape index (κ3) is 3.16. The van der Waals surface area contributed by atoms with Gasteiger partial charge in [-0.1, -0.05) is 6.07 Å². The molecule has 1 aromatic rings. The van der Waals surface area contributed by atoms with Crippen LogP contribution in [0.4, 0.5) is 5.69 Å². The van der Waals surface area contributed by atoms with E-state index in [1.807, 2.05) is 6.07 Å². The number of hydrogen-bond acceptors (Lipinski definition) is 3. The second kappa shape index (κ2) is 5.19. The van der Waals surface area contributed by atoms with E-state index in [9.17, 15) is 0 Å². The van der Waals surface area contributed by atoms with Crippen molar-refractivity contribution >= 4 is 5.69 Å². The summed E-state index contributed by atoms with van der Waals surface area (Å²) in [5.74, 6) is 0.926. The van der Waals surface area contributed by atoms with Gasteiger partial charge in [0.15, 0.2) is 0 Å². The Kier molecular flexibility index (Phi) is 3.81. The molecule has 1 saturated heterocycles. The molecule has 1 aliphatic heterocycles. The molecule has 100 valence electrons. The largest absolute Gasteiger partial charge is 0.497 e. The molecular formula is C15H24N2O. The van der Waals surface area contributed by atoms with Crippen molar-refractivity contribution in [3.8, 4) is 5.75 Å². The van der Waals surface area contributed by atoms with Gasteiger partial charge >= 0.3 is 0 Å². The predicted octanol–water partition coefficient (Wildman–Crippen LogP) is 2.66. The fraction of sp³-hybridized carbons (Fsp3) is 0.600. The van der Waals surface area contributed by atoms with Gasteiger partial charge in [0.1, 0.15) is 5.75 Å². The summed E-state index contributed by atoms with van der Waals surface area (Å²) in [5, 5.41) is 3.67. The molecule has 1 N–H and O–H groups in total. The third-order valence-electron chi connectivity index (χ3n) is 3.47. The average Bonchev–Trinajstić information content (AvgIpc) is 2.47. The van der Waals surface area contributed by atoms with Crippen LogP contribution >= 0.6 is 0 Å². The maximum atomic E-state index is 5.31. The third-order valence-corrected chi connectivity index (χ3v) is 3.47. The Labute approximate surface area is 110 Å². The van der Waals surface area contributed by atoms with Gasteiger partial charge in [-0.3, -0.25) is 0 Å². The summed E-state index contributed by atoms with van der Waals surface area (Å²) >= 11 is 0. The van der Waals surface area contributed by atoms with Crippen LogP contribution in [-0.2, 0) is 0 Å². The van der Waals surface area contributed by atoms with Gasteiger partial charge in [0.05, 0.1) is 7.11 Å². The van der Waals surface area contributed by atoms with E-state index >= 15 is 0 Å². The van der Waals surface area contributed by atoms with Crippen LogP contribution in [0.15, 0.2) is 24.3 Å². The molecule has 18 heavy (non-hydrogen) atoms. The Hall–Kier alpha value is -1.22. The number of nitrogens with zero attached hydrogens (tertiary/aromatic N) is 1. The summed E-state index contributed by atoms with van der Waals surface area (Å²) in [5.41, 5.74) is 1.39. The van der Waals surface area contributed by atoms with Crippen molar-refractivity contribution in [1.82, 2.24) is 5.32 Å². The van der Waals surface area contributed by atoms with E-state index in [4.69, 9.17) is 4.74 Å². The van der Waals surface area contributed by atoms with E-state index in [0.717, 1.165) is 18.8 Å². The first-order valence-electron chi connectivity index (χ1n) is 6.67. The lowest BCUT2D eigenvalue weighted by atomic mass is 10.0. The number of hydrogen-bond donors (Lipinski definition) is 1. The maximum Gasteiger partial charge on any atom is 0.120 e. The van der Waals surface area contributed by atoms with Crippen molar-refractivity contribution in [2.75, 3.05) is 25.1 Å². The summed E-state index contributed by atoms with van der Waals surface area (Å²) in [6.45, 7) is 8.90. The highest BCUT2D eigenvalue weighted by atomic mass is 16.5. The SMILES string of the molecule is COc1cccc(N2CCC(C)NC(C)(C)C2)c1. The lowest BCUT2D eigenvalue weighted by Gasteiger charge is -2.32. The normalized spacial score (nSPS) is 23.6. The molecule has 1 aliphatic rings. The molecule has 1 heterocycles. The van der Waals surface area contributed by atoms with Crippen molar-refractivity contribution in [3.63, 3.8) is 0 Å². The molecule has 0 aromatic heterocycles. The van der Waals surface area contributed by atoms with Crippen molar-refractivity contribution < 1.29 is 4.74 Å². The fourth-order valence-electron chi connectivity index (χ4n) is 2.72. The number of benzene rings is 1. The van der Waals surface area contributed by atoms with Gasteiger partial charge in [0.2, 0.25) is 0 Å². The van der Waals surface area contributed by atoms with E-state index in [1.54, 1.807) is 7.11 Å². The van der Waals surface area contributed by atoms with Crippen LogP contribution in [0.25, 0.3) is 0 Å². The van der Waals surface area contributed by atoms with Crippen LogP contribution in [0.2, 0.25) is 0 Å². The molecule has 1 fully saturated rings. The zero-order chi connectivity index (χ0) is 13.2. The molecule has 3 nitrogen and oxygen atoms in total. The molecule has 1 unspecified atom stereocenters. The molecule has 3 heteroatoms. The van der Waals surface area contributed by atoms with E-state index in [0.29, 0.717) is 6.04 Å². The monoisotopic (exact) mass is 248 g/mol. The summed E-state index contributed by atoms with van der Waals surface area (Å²) in [4.78, 5) is 2.44. The highest BCUT2D eigenvalue weighted by Gasteiger charge is 2.27. The minimum absolute atomic E-state index is 0.138. The van der Waals surface area contributed by atoms with Crippen molar-refractivity contribution in [1.29, 1.82) is 0 Å². The number of methoxy groups -OCH3 is 1. The number of anilines is 1. The fourth-order valence-corrected chi connectivity index (χ4v) is 2.72. The first-order chi connectivity index (χ1) is 8.50. The number of nitrogens with one attached hydrogen (secondary N) is 1. The van der Waals surface area contributed by atoms with Crippen molar-refractivity contribution in [2.45, 2.75) is 38.8 Å². The van der Waals surface area contributed by atoms with E-state index in [1.165, 1.54) is 12.1 Å². The smallest absolute Gasteiger partial charge is 0.120 e. The zero-order valence-electron chi connectivity index (χ0n) is 11.9. The van der Waals surface area contributed by atoms with Gasteiger partial charge in [0.25, 0.3) is 0 Å².